The number of likely N-dealkylation sites (tertiary alicyclic amines) is 1. The summed E-state index contributed by atoms with van der Waals surface area (Å²) in [6.07, 6.45) is 0.0366. The van der Waals surface area contributed by atoms with Crippen LogP contribution in [0.25, 0.3) is 0 Å². The summed E-state index contributed by atoms with van der Waals surface area (Å²) in [5.74, 6) is -0.520. The van der Waals surface area contributed by atoms with E-state index in [2.05, 4.69) is 25.7 Å². The number of hydrogen-bond donors (Lipinski definition) is 1. The van der Waals surface area contributed by atoms with Crippen molar-refractivity contribution in [2.24, 2.45) is 0 Å². The molecule has 1 fully saturated rings. The zero-order valence-corrected chi connectivity index (χ0v) is 22.8. The van der Waals surface area contributed by atoms with E-state index in [0.29, 0.717) is 36.8 Å². The second-order valence-electron chi connectivity index (χ2n) is 9.81. The second kappa shape index (κ2) is 13.2. The lowest BCUT2D eigenvalue weighted by Gasteiger charge is -2.34. The molecule has 0 spiro atoms. The summed E-state index contributed by atoms with van der Waals surface area (Å²) in [6.45, 7) is 4.15. The van der Waals surface area contributed by atoms with Crippen LogP contribution in [0.15, 0.2) is 48.8 Å². The average Bonchev–Trinajstić information content (AvgIpc) is 3.43. The molecule has 1 aliphatic heterocycles. The molecule has 1 aliphatic rings. The number of halogens is 4. The molecule has 0 saturated carbocycles. The van der Waals surface area contributed by atoms with Crippen LogP contribution in [-0.2, 0) is 35.4 Å². The minimum atomic E-state index is -4.37. The number of carbonyl (C=O) groups excluding carboxylic acids is 2. The maximum atomic E-state index is 13.2. The Morgan fingerprint density at radius 2 is 1.90 bits per heavy atom. The minimum absolute atomic E-state index is 0.0436. The molecular formula is C27H31ClF3N7O2. The van der Waals surface area contributed by atoms with E-state index in [1.165, 1.54) is 23.1 Å². The molecule has 0 bridgehead atoms. The summed E-state index contributed by atoms with van der Waals surface area (Å²) in [5.41, 5.74) is 1.44. The van der Waals surface area contributed by atoms with Crippen molar-refractivity contribution < 1.29 is 22.8 Å². The lowest BCUT2D eigenvalue weighted by atomic mass is 10.0. The van der Waals surface area contributed by atoms with E-state index in [1.54, 1.807) is 17.0 Å². The summed E-state index contributed by atoms with van der Waals surface area (Å²) in [6, 6.07) is 9.83. The Bertz CT molecular complexity index is 1290. The molecule has 4 rings (SSSR count). The second-order valence-corrected chi connectivity index (χ2v) is 10.2. The van der Waals surface area contributed by atoms with Gasteiger partial charge in [-0.2, -0.15) is 13.2 Å². The number of rotatable bonds is 10. The average molecular weight is 578 g/mol. The Labute approximate surface area is 235 Å². The minimum Gasteiger partial charge on any atom is -0.329 e. The third kappa shape index (κ3) is 7.79. The molecule has 2 amide bonds. The topological polar surface area (TPSA) is 96.2 Å². The number of nitrogens with one attached hydrogen (secondary N) is 1. The Morgan fingerprint density at radius 3 is 2.55 bits per heavy atom. The Hall–Kier alpha value is -3.51. The predicted molar refractivity (Wildman–Crippen MR) is 143 cm³/mol. The molecule has 0 aliphatic carbocycles. The number of piperidine rings is 1. The van der Waals surface area contributed by atoms with Gasteiger partial charge in [0.15, 0.2) is 0 Å². The summed E-state index contributed by atoms with van der Waals surface area (Å²) in [4.78, 5) is 29.7. The van der Waals surface area contributed by atoms with Gasteiger partial charge in [0.05, 0.1) is 5.56 Å². The highest BCUT2D eigenvalue weighted by atomic mass is 35.5. The van der Waals surface area contributed by atoms with Crippen molar-refractivity contribution in [3.05, 3.63) is 70.5 Å². The summed E-state index contributed by atoms with van der Waals surface area (Å²) >= 11 is 6.59. The van der Waals surface area contributed by atoms with Crippen molar-refractivity contribution in [1.82, 2.24) is 30.0 Å². The Kier molecular flexibility index (Phi) is 9.75. The summed E-state index contributed by atoms with van der Waals surface area (Å²) in [7, 11) is 0. The maximum absolute atomic E-state index is 13.2. The molecule has 2 aromatic carbocycles. The van der Waals surface area contributed by atoms with E-state index < -0.39 is 17.8 Å². The molecule has 1 aromatic heterocycles. The van der Waals surface area contributed by atoms with Gasteiger partial charge in [0.1, 0.15) is 18.9 Å². The number of tetrazole rings is 1. The quantitative estimate of drug-likeness (QED) is 0.373. The van der Waals surface area contributed by atoms with E-state index >= 15 is 0 Å². The van der Waals surface area contributed by atoms with Gasteiger partial charge < -0.3 is 10.2 Å². The van der Waals surface area contributed by atoms with Gasteiger partial charge >= 0.3 is 6.18 Å². The zero-order chi connectivity index (χ0) is 28.7. The Morgan fingerprint density at radius 1 is 1.12 bits per heavy atom. The highest BCUT2D eigenvalue weighted by Gasteiger charge is 2.32. The number of benzene rings is 2. The first-order valence-corrected chi connectivity index (χ1v) is 13.5. The number of alkyl halides is 3. The van der Waals surface area contributed by atoms with Crippen molar-refractivity contribution in [2.45, 2.75) is 64.5 Å². The van der Waals surface area contributed by atoms with Gasteiger partial charge in [0.2, 0.25) is 11.8 Å². The van der Waals surface area contributed by atoms with E-state index in [1.807, 2.05) is 13.0 Å². The fourth-order valence-corrected chi connectivity index (χ4v) is 5.03. The van der Waals surface area contributed by atoms with Crippen LogP contribution >= 0.6 is 11.6 Å². The van der Waals surface area contributed by atoms with Crippen LogP contribution in [0, 0.1) is 0 Å². The van der Waals surface area contributed by atoms with Crippen molar-refractivity contribution in [1.29, 1.82) is 0 Å². The molecule has 9 nitrogen and oxygen atoms in total. The molecule has 1 saturated heterocycles. The maximum Gasteiger partial charge on any atom is 0.416 e. The van der Waals surface area contributed by atoms with Crippen LogP contribution in [0.1, 0.15) is 49.3 Å². The van der Waals surface area contributed by atoms with Crippen molar-refractivity contribution in [2.75, 3.05) is 18.4 Å². The smallest absolute Gasteiger partial charge is 0.329 e. The first kappa shape index (κ1) is 29.5. The SMILES string of the molecule is CCCN(Cc1ccc(C(F)(F)F)cc1)Cc1ccc(NC(=O)[C@H]2CCCCN2C(=O)Cn2cnnn2)cc1Cl. The third-order valence-corrected chi connectivity index (χ3v) is 7.11. The first-order chi connectivity index (χ1) is 19.1. The number of anilines is 1. The number of nitrogens with zero attached hydrogens (tertiary/aromatic N) is 6. The molecular weight excluding hydrogens is 547 g/mol. The zero-order valence-electron chi connectivity index (χ0n) is 22.1. The van der Waals surface area contributed by atoms with Crippen LogP contribution in [0.3, 0.4) is 0 Å². The van der Waals surface area contributed by atoms with Crippen molar-refractivity contribution in [3.8, 4) is 0 Å². The van der Waals surface area contributed by atoms with E-state index in [9.17, 15) is 22.8 Å². The van der Waals surface area contributed by atoms with Crippen LogP contribution in [-0.4, -0.2) is 61.0 Å². The molecule has 1 N–H and O–H groups in total. The number of carbonyl (C=O) groups is 2. The standard InChI is InChI=1S/C27H31ClF3N7O2/c1-2-12-36(15-19-6-9-21(10-7-19)27(29,30)31)16-20-8-11-22(14-23(20)28)33-26(40)24-5-3-4-13-38(24)25(39)17-37-18-32-34-35-37/h6-11,14,18,24H,2-5,12-13,15-17H2,1H3,(H,33,40)/t24-/m1/s1. The van der Waals surface area contributed by atoms with Crippen LogP contribution in [0.4, 0.5) is 18.9 Å². The highest BCUT2D eigenvalue weighted by Crippen LogP contribution is 2.30. The molecule has 40 heavy (non-hydrogen) atoms. The van der Waals surface area contributed by atoms with Gasteiger partial charge in [0, 0.05) is 30.3 Å². The van der Waals surface area contributed by atoms with Crippen LogP contribution in [0.2, 0.25) is 5.02 Å². The molecule has 2 heterocycles. The Balaban J connectivity index is 1.39. The molecule has 1 atom stereocenters. The number of amides is 2. The van der Waals surface area contributed by atoms with Gasteiger partial charge in [-0.25, -0.2) is 4.68 Å². The number of hydrogen-bond acceptors (Lipinski definition) is 6. The summed E-state index contributed by atoms with van der Waals surface area (Å²) < 4.78 is 40.0. The van der Waals surface area contributed by atoms with Crippen LogP contribution in [0.5, 0.6) is 0 Å². The van der Waals surface area contributed by atoms with E-state index in [4.69, 9.17) is 11.6 Å². The summed E-state index contributed by atoms with van der Waals surface area (Å²) in [5, 5.41) is 14.1. The van der Waals surface area contributed by atoms with Crippen molar-refractivity contribution >= 4 is 29.1 Å². The van der Waals surface area contributed by atoms with E-state index in [0.717, 1.165) is 49.1 Å². The first-order valence-electron chi connectivity index (χ1n) is 13.1. The van der Waals surface area contributed by atoms with Gasteiger partial charge in [0.25, 0.3) is 0 Å². The van der Waals surface area contributed by atoms with Gasteiger partial charge in [-0.1, -0.05) is 36.7 Å². The van der Waals surface area contributed by atoms with Crippen molar-refractivity contribution in [3.63, 3.8) is 0 Å². The lowest BCUT2D eigenvalue weighted by molar-refractivity contribution is -0.141. The van der Waals surface area contributed by atoms with Crippen LogP contribution < -0.4 is 5.32 Å². The largest absolute Gasteiger partial charge is 0.416 e. The monoisotopic (exact) mass is 577 g/mol. The fourth-order valence-electron chi connectivity index (χ4n) is 4.79. The molecule has 0 radical (unpaired) electrons. The highest BCUT2D eigenvalue weighted by molar-refractivity contribution is 6.31. The molecule has 0 unspecified atom stereocenters. The fraction of sp³-hybridized carbons (Fsp3) is 0.444. The molecule has 3 aromatic rings. The normalized spacial score (nSPS) is 15.8. The van der Waals surface area contributed by atoms with Gasteiger partial charge in [-0.3, -0.25) is 14.5 Å². The molecule has 13 heteroatoms. The number of aromatic nitrogens is 4. The van der Waals surface area contributed by atoms with E-state index in [-0.39, 0.29) is 18.4 Å². The predicted octanol–water partition coefficient (Wildman–Crippen LogP) is 4.78. The van der Waals surface area contributed by atoms with Gasteiger partial charge in [-0.15, -0.1) is 5.10 Å². The van der Waals surface area contributed by atoms with Gasteiger partial charge in [-0.05, 0) is 78.0 Å². The molecule has 214 valence electrons. The third-order valence-electron chi connectivity index (χ3n) is 6.76. The lowest BCUT2D eigenvalue weighted by Crippen LogP contribution is -2.51.